The first kappa shape index (κ1) is 16.2. The second-order valence-electron chi connectivity index (χ2n) is 4.45. The third-order valence-electron chi connectivity index (χ3n) is 3.00. The summed E-state index contributed by atoms with van der Waals surface area (Å²) in [6, 6.07) is 4.69. The SMILES string of the molecule is Cl.NC(=O)c1cc2c(NC(=O)c3cccnc3)n[nH]c2nc1N. The van der Waals surface area contributed by atoms with Gasteiger partial charge in [-0.2, -0.15) is 5.10 Å². The van der Waals surface area contributed by atoms with Crippen molar-refractivity contribution in [3.05, 3.63) is 41.7 Å². The van der Waals surface area contributed by atoms with Gasteiger partial charge in [0, 0.05) is 12.4 Å². The summed E-state index contributed by atoms with van der Waals surface area (Å²) in [5.41, 5.74) is 11.6. The smallest absolute Gasteiger partial charge is 0.258 e. The lowest BCUT2D eigenvalue weighted by Gasteiger charge is -2.03. The van der Waals surface area contributed by atoms with Crippen molar-refractivity contribution in [2.75, 3.05) is 11.1 Å². The minimum atomic E-state index is -0.711. The van der Waals surface area contributed by atoms with Crippen LogP contribution in [0.15, 0.2) is 30.6 Å². The summed E-state index contributed by atoms with van der Waals surface area (Å²) in [6.45, 7) is 0. The van der Waals surface area contributed by atoms with Crippen LogP contribution in [0.5, 0.6) is 0 Å². The Bertz CT molecular complexity index is 879. The number of nitrogens with zero attached hydrogens (tertiary/aromatic N) is 3. The van der Waals surface area contributed by atoms with Crippen molar-refractivity contribution < 1.29 is 9.59 Å². The number of carbonyl (C=O) groups is 2. The number of fused-ring (bicyclic) bond motifs is 1. The average Bonchev–Trinajstić information content (AvgIpc) is 2.89. The van der Waals surface area contributed by atoms with E-state index in [2.05, 4.69) is 25.5 Å². The van der Waals surface area contributed by atoms with Crippen LogP contribution in [-0.2, 0) is 0 Å². The number of amides is 2. The predicted octanol–water partition coefficient (Wildman–Crippen LogP) is 0.708. The predicted molar refractivity (Wildman–Crippen MR) is 86.3 cm³/mol. The number of nitrogen functional groups attached to an aromatic ring is 1. The zero-order valence-electron chi connectivity index (χ0n) is 11.6. The van der Waals surface area contributed by atoms with E-state index in [1.54, 1.807) is 18.3 Å². The molecule has 0 unspecified atom stereocenters. The highest BCUT2D eigenvalue weighted by molar-refractivity contribution is 6.09. The van der Waals surface area contributed by atoms with E-state index in [1.807, 2.05) is 0 Å². The van der Waals surface area contributed by atoms with E-state index in [0.717, 1.165) is 0 Å². The van der Waals surface area contributed by atoms with Crippen LogP contribution < -0.4 is 16.8 Å². The maximum Gasteiger partial charge on any atom is 0.258 e. The van der Waals surface area contributed by atoms with Crippen LogP contribution in [0.25, 0.3) is 11.0 Å². The van der Waals surface area contributed by atoms with Gasteiger partial charge < -0.3 is 16.8 Å². The summed E-state index contributed by atoms with van der Waals surface area (Å²) in [5.74, 6) is -0.885. The average molecular weight is 334 g/mol. The Labute approximate surface area is 135 Å². The molecule has 0 fully saturated rings. The van der Waals surface area contributed by atoms with Gasteiger partial charge in [0.1, 0.15) is 5.82 Å². The van der Waals surface area contributed by atoms with Gasteiger partial charge in [0.15, 0.2) is 11.5 Å². The van der Waals surface area contributed by atoms with Gasteiger partial charge >= 0.3 is 0 Å². The Morgan fingerprint density at radius 1 is 1.30 bits per heavy atom. The first-order valence-corrected chi connectivity index (χ1v) is 6.22. The van der Waals surface area contributed by atoms with Gasteiger partial charge in [0.2, 0.25) is 0 Å². The molecule has 3 heterocycles. The van der Waals surface area contributed by atoms with E-state index in [4.69, 9.17) is 11.5 Å². The number of H-pyrrole nitrogens is 1. The minimum absolute atomic E-state index is 0. The number of carbonyl (C=O) groups excluding carboxylic acids is 2. The van der Waals surface area contributed by atoms with Crippen molar-refractivity contribution in [1.82, 2.24) is 20.2 Å². The Kier molecular flexibility index (Phi) is 4.42. The second-order valence-corrected chi connectivity index (χ2v) is 4.45. The number of hydrogen-bond donors (Lipinski definition) is 4. The van der Waals surface area contributed by atoms with Gasteiger partial charge in [0.25, 0.3) is 11.8 Å². The molecule has 0 aliphatic carbocycles. The molecule has 0 radical (unpaired) electrons. The topological polar surface area (TPSA) is 153 Å². The molecule has 6 N–H and O–H groups in total. The maximum atomic E-state index is 12.1. The minimum Gasteiger partial charge on any atom is -0.383 e. The highest BCUT2D eigenvalue weighted by atomic mass is 35.5. The fourth-order valence-electron chi connectivity index (χ4n) is 1.93. The normalized spacial score (nSPS) is 10.1. The number of nitrogens with two attached hydrogens (primary N) is 2. The number of aromatic amines is 1. The number of nitrogens with one attached hydrogen (secondary N) is 2. The number of anilines is 2. The Hall–Kier alpha value is -3.20. The second kappa shape index (κ2) is 6.28. The molecule has 3 rings (SSSR count). The molecule has 0 atom stereocenters. The van der Waals surface area contributed by atoms with Gasteiger partial charge in [0.05, 0.1) is 16.5 Å². The number of halogens is 1. The molecule has 0 bridgehead atoms. The van der Waals surface area contributed by atoms with Crippen molar-refractivity contribution in [2.24, 2.45) is 5.73 Å². The number of pyridine rings is 2. The van der Waals surface area contributed by atoms with E-state index in [1.165, 1.54) is 12.3 Å². The van der Waals surface area contributed by atoms with Crippen LogP contribution in [0, 0.1) is 0 Å². The summed E-state index contributed by atoms with van der Waals surface area (Å²) in [4.78, 5) is 31.3. The monoisotopic (exact) mass is 333 g/mol. The lowest BCUT2D eigenvalue weighted by atomic mass is 10.2. The van der Waals surface area contributed by atoms with E-state index in [-0.39, 0.29) is 35.5 Å². The highest BCUT2D eigenvalue weighted by Crippen LogP contribution is 2.23. The van der Waals surface area contributed by atoms with E-state index in [0.29, 0.717) is 16.6 Å². The number of aromatic nitrogens is 4. The molecule has 0 spiro atoms. The van der Waals surface area contributed by atoms with Crippen molar-refractivity contribution in [3.63, 3.8) is 0 Å². The molecule has 118 valence electrons. The van der Waals surface area contributed by atoms with E-state index >= 15 is 0 Å². The van der Waals surface area contributed by atoms with Gasteiger partial charge in [-0.25, -0.2) is 4.98 Å². The molecule has 3 aromatic rings. The molecule has 23 heavy (non-hydrogen) atoms. The molecule has 0 saturated heterocycles. The Balaban J connectivity index is 0.00000192. The number of rotatable bonds is 3. The fourth-order valence-corrected chi connectivity index (χ4v) is 1.93. The first-order chi connectivity index (χ1) is 10.6. The first-order valence-electron chi connectivity index (χ1n) is 6.22. The molecule has 10 heteroatoms. The molecule has 2 amide bonds. The van der Waals surface area contributed by atoms with Gasteiger partial charge in [-0.1, -0.05) is 0 Å². The van der Waals surface area contributed by atoms with Gasteiger partial charge in [-0.05, 0) is 18.2 Å². The zero-order chi connectivity index (χ0) is 15.7. The number of hydrogen-bond acceptors (Lipinski definition) is 6. The molecular formula is C13H12ClN7O2. The van der Waals surface area contributed by atoms with Crippen LogP contribution in [-0.4, -0.2) is 32.0 Å². The highest BCUT2D eigenvalue weighted by Gasteiger charge is 2.16. The third-order valence-corrected chi connectivity index (χ3v) is 3.00. The van der Waals surface area contributed by atoms with Crippen LogP contribution in [0.4, 0.5) is 11.6 Å². The quantitative estimate of drug-likeness (QED) is 0.553. The Morgan fingerprint density at radius 2 is 2.09 bits per heavy atom. The van der Waals surface area contributed by atoms with Crippen LogP contribution in [0.2, 0.25) is 0 Å². The summed E-state index contributed by atoms with van der Waals surface area (Å²) >= 11 is 0. The molecule has 0 aliphatic heterocycles. The number of primary amides is 1. The molecule has 0 aromatic carbocycles. The molecule has 0 saturated carbocycles. The largest absolute Gasteiger partial charge is 0.383 e. The van der Waals surface area contributed by atoms with Crippen molar-refractivity contribution in [3.8, 4) is 0 Å². The lowest BCUT2D eigenvalue weighted by molar-refractivity contribution is 0.0998. The van der Waals surface area contributed by atoms with Crippen molar-refractivity contribution in [2.45, 2.75) is 0 Å². The molecule has 3 aromatic heterocycles. The zero-order valence-corrected chi connectivity index (χ0v) is 12.4. The summed E-state index contributed by atoms with van der Waals surface area (Å²) in [6.07, 6.45) is 2.99. The van der Waals surface area contributed by atoms with Crippen LogP contribution >= 0.6 is 12.4 Å². The van der Waals surface area contributed by atoms with E-state index in [9.17, 15) is 9.59 Å². The molecular weight excluding hydrogens is 322 g/mol. The van der Waals surface area contributed by atoms with Crippen LogP contribution in [0.3, 0.4) is 0 Å². The Morgan fingerprint density at radius 3 is 2.74 bits per heavy atom. The van der Waals surface area contributed by atoms with Gasteiger partial charge in [-0.15, -0.1) is 12.4 Å². The van der Waals surface area contributed by atoms with Gasteiger partial charge in [-0.3, -0.25) is 19.7 Å². The standard InChI is InChI=1S/C13H11N7O2.ClH/c14-9-7(10(15)21)4-8-11(17-9)19-20-12(8)18-13(22)6-2-1-3-16-5-6;/h1-5H,(H2,15,21)(H4,14,17,18,19,20,22);1H. The van der Waals surface area contributed by atoms with Crippen molar-refractivity contribution in [1.29, 1.82) is 0 Å². The van der Waals surface area contributed by atoms with Crippen molar-refractivity contribution >= 4 is 46.9 Å². The summed E-state index contributed by atoms with van der Waals surface area (Å²) in [7, 11) is 0. The fraction of sp³-hybridized carbons (Fsp3) is 0. The lowest BCUT2D eigenvalue weighted by Crippen LogP contribution is -2.15. The molecule has 0 aliphatic rings. The summed E-state index contributed by atoms with van der Waals surface area (Å²) < 4.78 is 0. The molecule has 9 nitrogen and oxygen atoms in total. The third kappa shape index (κ3) is 3.04. The maximum absolute atomic E-state index is 12.1. The van der Waals surface area contributed by atoms with E-state index < -0.39 is 5.91 Å². The van der Waals surface area contributed by atoms with Crippen LogP contribution in [0.1, 0.15) is 20.7 Å². The summed E-state index contributed by atoms with van der Waals surface area (Å²) in [5, 5.41) is 9.63.